The van der Waals surface area contributed by atoms with Crippen LogP contribution < -0.4 is 5.32 Å². The van der Waals surface area contributed by atoms with E-state index in [2.05, 4.69) is 5.32 Å². The molecule has 1 amide bonds. The van der Waals surface area contributed by atoms with Crippen LogP contribution in [-0.4, -0.2) is 35.4 Å². The molecule has 60 valence electrons. The highest BCUT2D eigenvalue weighted by atomic mass is 16.3. The average Bonchev–Trinajstić information content (AvgIpc) is 2.01. The minimum atomic E-state index is -0.832. The van der Waals surface area contributed by atoms with Crippen molar-refractivity contribution in [3.8, 4) is 0 Å². The SMILES string of the molecule is CCC(CO)(CO)NC=O. The zero-order valence-electron chi connectivity index (χ0n) is 6.00. The Morgan fingerprint density at radius 2 is 2.00 bits per heavy atom. The number of carbonyl (C=O) groups is 1. The van der Waals surface area contributed by atoms with E-state index in [-0.39, 0.29) is 13.2 Å². The lowest BCUT2D eigenvalue weighted by atomic mass is 9.99. The Bertz CT molecular complexity index is 92.9. The molecule has 0 aliphatic heterocycles. The van der Waals surface area contributed by atoms with Crippen molar-refractivity contribution in [3.63, 3.8) is 0 Å². The first-order valence-electron chi connectivity index (χ1n) is 3.17. The van der Waals surface area contributed by atoms with E-state index in [9.17, 15) is 4.79 Å². The van der Waals surface area contributed by atoms with Gasteiger partial charge in [0.05, 0.1) is 18.8 Å². The highest BCUT2D eigenvalue weighted by Crippen LogP contribution is 2.05. The molecule has 4 nitrogen and oxygen atoms in total. The third-order valence-electron chi connectivity index (χ3n) is 1.65. The van der Waals surface area contributed by atoms with Gasteiger partial charge in [0.2, 0.25) is 6.41 Å². The number of carbonyl (C=O) groups excluding carboxylic acids is 1. The van der Waals surface area contributed by atoms with Crippen molar-refractivity contribution in [1.29, 1.82) is 0 Å². The van der Waals surface area contributed by atoms with Crippen molar-refractivity contribution in [1.82, 2.24) is 5.32 Å². The van der Waals surface area contributed by atoms with Gasteiger partial charge >= 0.3 is 0 Å². The zero-order valence-corrected chi connectivity index (χ0v) is 6.00. The van der Waals surface area contributed by atoms with Gasteiger partial charge in [-0.1, -0.05) is 6.92 Å². The molecule has 0 saturated carbocycles. The van der Waals surface area contributed by atoms with Gasteiger partial charge in [0.25, 0.3) is 0 Å². The van der Waals surface area contributed by atoms with Crippen LogP contribution in [0.15, 0.2) is 0 Å². The highest BCUT2D eigenvalue weighted by Gasteiger charge is 2.24. The fourth-order valence-electron chi connectivity index (χ4n) is 0.592. The molecule has 0 bridgehead atoms. The summed E-state index contributed by atoms with van der Waals surface area (Å²) in [6, 6.07) is 0. The van der Waals surface area contributed by atoms with E-state index >= 15 is 0 Å². The van der Waals surface area contributed by atoms with Crippen LogP contribution in [0.1, 0.15) is 13.3 Å². The summed E-state index contributed by atoms with van der Waals surface area (Å²) < 4.78 is 0. The predicted molar refractivity (Wildman–Crippen MR) is 36.4 cm³/mol. The average molecular weight is 147 g/mol. The summed E-state index contributed by atoms with van der Waals surface area (Å²) in [6.07, 6.45) is 0.995. The molecule has 0 aliphatic carbocycles. The normalized spacial score (nSPS) is 11.1. The molecule has 0 aromatic carbocycles. The van der Waals surface area contributed by atoms with Crippen LogP contribution in [0.5, 0.6) is 0 Å². The van der Waals surface area contributed by atoms with Gasteiger partial charge in [-0.15, -0.1) is 0 Å². The summed E-state index contributed by atoms with van der Waals surface area (Å²) in [5, 5.41) is 19.8. The topological polar surface area (TPSA) is 69.6 Å². The van der Waals surface area contributed by atoms with Crippen molar-refractivity contribution >= 4 is 6.41 Å². The Hall–Kier alpha value is -0.610. The minimum absolute atomic E-state index is 0.237. The van der Waals surface area contributed by atoms with Crippen molar-refractivity contribution in [2.75, 3.05) is 13.2 Å². The molecule has 0 radical (unpaired) electrons. The van der Waals surface area contributed by atoms with Crippen LogP contribution in [0.25, 0.3) is 0 Å². The molecule has 0 spiro atoms. The second-order valence-electron chi connectivity index (χ2n) is 2.21. The second-order valence-corrected chi connectivity index (χ2v) is 2.21. The third-order valence-corrected chi connectivity index (χ3v) is 1.65. The Kier molecular flexibility index (Phi) is 3.99. The van der Waals surface area contributed by atoms with Gasteiger partial charge in [-0.25, -0.2) is 0 Å². The van der Waals surface area contributed by atoms with Gasteiger partial charge in [-0.05, 0) is 6.42 Å². The lowest BCUT2D eigenvalue weighted by molar-refractivity contribution is -0.112. The van der Waals surface area contributed by atoms with E-state index in [0.717, 1.165) is 0 Å². The first kappa shape index (κ1) is 9.39. The standard InChI is InChI=1S/C6H13NO3/c1-2-6(3-8,4-9)7-5-10/h5,8-9H,2-4H2,1H3,(H,7,10). The molecular weight excluding hydrogens is 134 g/mol. The monoisotopic (exact) mass is 147 g/mol. The van der Waals surface area contributed by atoms with E-state index < -0.39 is 5.54 Å². The summed E-state index contributed by atoms with van der Waals surface area (Å²) >= 11 is 0. The van der Waals surface area contributed by atoms with Gasteiger partial charge in [-0.2, -0.15) is 0 Å². The van der Waals surface area contributed by atoms with Crippen LogP contribution >= 0.6 is 0 Å². The van der Waals surface area contributed by atoms with Gasteiger partial charge in [0, 0.05) is 0 Å². The molecule has 0 unspecified atom stereocenters. The number of rotatable bonds is 5. The number of aliphatic hydroxyl groups excluding tert-OH is 2. The maximum Gasteiger partial charge on any atom is 0.207 e. The summed E-state index contributed by atoms with van der Waals surface area (Å²) in [6.45, 7) is 1.31. The van der Waals surface area contributed by atoms with E-state index in [4.69, 9.17) is 10.2 Å². The predicted octanol–water partition coefficient (Wildman–Crippen LogP) is -1.13. The fourth-order valence-corrected chi connectivity index (χ4v) is 0.592. The molecule has 0 aromatic rings. The lowest BCUT2D eigenvalue weighted by Crippen LogP contribution is -2.50. The molecule has 0 aliphatic rings. The quantitative estimate of drug-likeness (QED) is 0.431. The second kappa shape index (κ2) is 4.24. The van der Waals surface area contributed by atoms with Gasteiger partial charge in [-0.3, -0.25) is 4.79 Å². The van der Waals surface area contributed by atoms with E-state index in [1.165, 1.54) is 0 Å². The maximum absolute atomic E-state index is 9.96. The number of aliphatic hydroxyl groups is 2. The van der Waals surface area contributed by atoms with Gasteiger partial charge in [0.15, 0.2) is 0 Å². The third kappa shape index (κ3) is 1.97. The van der Waals surface area contributed by atoms with Crippen molar-refractivity contribution in [3.05, 3.63) is 0 Å². The van der Waals surface area contributed by atoms with Gasteiger partial charge < -0.3 is 15.5 Å². The first-order valence-corrected chi connectivity index (χ1v) is 3.17. The Labute approximate surface area is 59.9 Å². The molecule has 0 aromatic heterocycles. The molecule has 10 heavy (non-hydrogen) atoms. The van der Waals surface area contributed by atoms with Crippen LogP contribution in [0, 0.1) is 0 Å². The van der Waals surface area contributed by atoms with Crippen molar-refractivity contribution in [2.24, 2.45) is 0 Å². The van der Waals surface area contributed by atoms with Crippen LogP contribution in [0.4, 0.5) is 0 Å². The van der Waals surface area contributed by atoms with Crippen molar-refractivity contribution < 1.29 is 15.0 Å². The number of amides is 1. The summed E-state index contributed by atoms with van der Waals surface area (Å²) in [4.78, 5) is 9.96. The molecule has 0 rings (SSSR count). The first-order chi connectivity index (χ1) is 4.74. The summed E-state index contributed by atoms with van der Waals surface area (Å²) in [5.41, 5.74) is -0.832. The highest BCUT2D eigenvalue weighted by molar-refractivity contribution is 5.48. The van der Waals surface area contributed by atoms with E-state index in [1.807, 2.05) is 0 Å². The molecule has 4 heteroatoms. The molecular formula is C6H13NO3. The van der Waals surface area contributed by atoms with Gasteiger partial charge in [0.1, 0.15) is 0 Å². The Morgan fingerprint density at radius 1 is 1.50 bits per heavy atom. The summed E-state index contributed by atoms with van der Waals surface area (Å²) in [5.74, 6) is 0. The molecule has 0 atom stereocenters. The molecule has 3 N–H and O–H groups in total. The minimum Gasteiger partial charge on any atom is -0.394 e. The maximum atomic E-state index is 9.96. The lowest BCUT2D eigenvalue weighted by Gasteiger charge is -2.27. The Morgan fingerprint density at radius 3 is 2.10 bits per heavy atom. The molecule has 0 heterocycles. The van der Waals surface area contributed by atoms with Crippen molar-refractivity contribution in [2.45, 2.75) is 18.9 Å². The van der Waals surface area contributed by atoms with Crippen LogP contribution in [-0.2, 0) is 4.79 Å². The largest absolute Gasteiger partial charge is 0.394 e. The number of nitrogens with one attached hydrogen (secondary N) is 1. The smallest absolute Gasteiger partial charge is 0.207 e. The zero-order chi connectivity index (χ0) is 8.04. The molecule has 0 saturated heterocycles. The van der Waals surface area contributed by atoms with E-state index in [0.29, 0.717) is 12.8 Å². The molecule has 0 fully saturated rings. The fraction of sp³-hybridized carbons (Fsp3) is 0.833. The summed E-state index contributed by atoms with van der Waals surface area (Å²) in [7, 11) is 0. The number of hydrogen-bond acceptors (Lipinski definition) is 3. The van der Waals surface area contributed by atoms with Crippen LogP contribution in [0.3, 0.4) is 0 Å². The Balaban J connectivity index is 4.00. The van der Waals surface area contributed by atoms with Crippen LogP contribution in [0.2, 0.25) is 0 Å². The number of hydrogen-bond donors (Lipinski definition) is 3. The van der Waals surface area contributed by atoms with E-state index in [1.54, 1.807) is 6.92 Å².